The highest BCUT2D eigenvalue weighted by Crippen LogP contribution is 2.34. The van der Waals surface area contributed by atoms with E-state index in [4.69, 9.17) is 28.2 Å². The highest BCUT2D eigenvalue weighted by Gasteiger charge is 2.23. The normalized spacial score (nSPS) is 11.5. The molecule has 0 saturated carbocycles. The summed E-state index contributed by atoms with van der Waals surface area (Å²) >= 11 is 15.0. The molecule has 0 bridgehead atoms. The summed E-state index contributed by atoms with van der Waals surface area (Å²) in [4.78, 5) is 22.3. The Kier molecular flexibility index (Phi) is 6.20. The summed E-state index contributed by atoms with van der Waals surface area (Å²) in [6, 6.07) is 7.31. The largest absolute Gasteiger partial charge is 0.309 e. The van der Waals surface area contributed by atoms with Gasteiger partial charge < -0.3 is 4.90 Å². The number of hydrogen-bond donors (Lipinski definition) is 0. The van der Waals surface area contributed by atoms with Gasteiger partial charge in [-0.1, -0.05) is 34.5 Å². The lowest BCUT2D eigenvalue weighted by Gasteiger charge is -2.20. The van der Waals surface area contributed by atoms with Crippen LogP contribution in [0.1, 0.15) is 21.7 Å². The highest BCUT2D eigenvalue weighted by molar-refractivity contribution is 7.22. The number of thiazole rings is 1. The lowest BCUT2D eigenvalue weighted by molar-refractivity contribution is 0.0990. The second-order valence-corrected chi connectivity index (χ2v) is 9.44. The maximum absolute atomic E-state index is 13.1. The number of halogens is 2. The van der Waals surface area contributed by atoms with Crippen molar-refractivity contribution in [1.29, 1.82) is 0 Å². The number of benzene rings is 1. The van der Waals surface area contributed by atoms with E-state index in [2.05, 4.69) is 4.90 Å². The Morgan fingerprint density at radius 2 is 1.92 bits per heavy atom. The van der Waals surface area contributed by atoms with Crippen LogP contribution >= 0.6 is 45.9 Å². The summed E-state index contributed by atoms with van der Waals surface area (Å²) < 4.78 is 1.59. The van der Waals surface area contributed by atoms with Crippen LogP contribution in [0.4, 0.5) is 5.13 Å². The first-order valence-electron chi connectivity index (χ1n) is 8.14. The van der Waals surface area contributed by atoms with Gasteiger partial charge in [-0.25, -0.2) is 4.98 Å². The van der Waals surface area contributed by atoms with Gasteiger partial charge in [0.2, 0.25) is 0 Å². The summed E-state index contributed by atoms with van der Waals surface area (Å²) in [7, 11) is 4.04. The van der Waals surface area contributed by atoms with Gasteiger partial charge in [0.1, 0.15) is 0 Å². The van der Waals surface area contributed by atoms with E-state index in [1.165, 1.54) is 22.7 Å². The third kappa shape index (κ3) is 4.38. The second kappa shape index (κ2) is 8.23. The van der Waals surface area contributed by atoms with Crippen LogP contribution < -0.4 is 4.90 Å². The van der Waals surface area contributed by atoms with Gasteiger partial charge in [-0.2, -0.15) is 0 Å². The van der Waals surface area contributed by atoms with E-state index in [1.54, 1.807) is 17.0 Å². The van der Waals surface area contributed by atoms with E-state index in [1.807, 2.05) is 33.2 Å². The molecule has 0 fully saturated rings. The molecule has 0 radical (unpaired) electrons. The van der Waals surface area contributed by atoms with E-state index in [0.717, 1.165) is 28.7 Å². The summed E-state index contributed by atoms with van der Waals surface area (Å²) in [5.74, 6) is -0.0662. The zero-order valence-electron chi connectivity index (χ0n) is 14.8. The quantitative estimate of drug-likeness (QED) is 0.515. The Morgan fingerprint density at radius 3 is 2.58 bits per heavy atom. The molecule has 0 aliphatic carbocycles. The zero-order chi connectivity index (χ0) is 18.8. The second-order valence-electron chi connectivity index (χ2n) is 6.28. The molecular weight excluding hydrogens is 409 g/mol. The van der Waals surface area contributed by atoms with Crippen molar-refractivity contribution in [3.05, 3.63) is 44.1 Å². The average Bonchev–Trinajstić information content (AvgIpc) is 3.17. The van der Waals surface area contributed by atoms with Crippen LogP contribution in [0.3, 0.4) is 0 Å². The first-order chi connectivity index (χ1) is 12.3. The fraction of sp³-hybridized carbons (Fsp3) is 0.333. The molecule has 0 aliphatic rings. The number of nitrogens with zero attached hydrogens (tertiary/aromatic N) is 3. The van der Waals surface area contributed by atoms with Crippen molar-refractivity contribution in [1.82, 2.24) is 9.88 Å². The highest BCUT2D eigenvalue weighted by atomic mass is 35.5. The number of aromatic nitrogens is 1. The van der Waals surface area contributed by atoms with E-state index in [9.17, 15) is 4.79 Å². The number of thiophene rings is 1. The number of rotatable bonds is 6. The minimum Gasteiger partial charge on any atom is -0.309 e. The first kappa shape index (κ1) is 19.6. The van der Waals surface area contributed by atoms with Gasteiger partial charge in [0.15, 0.2) is 5.13 Å². The molecule has 1 amide bonds. The Hall–Kier alpha value is -1.18. The third-order valence-corrected chi connectivity index (χ3v) is 6.35. The lowest BCUT2D eigenvalue weighted by atomic mass is 10.2. The van der Waals surface area contributed by atoms with Crippen LogP contribution in [0.15, 0.2) is 24.3 Å². The third-order valence-electron chi connectivity index (χ3n) is 3.89. The first-order valence-corrected chi connectivity index (χ1v) is 10.5. The van der Waals surface area contributed by atoms with E-state index >= 15 is 0 Å². The predicted octanol–water partition coefficient (Wildman–Crippen LogP) is 5.57. The Bertz CT molecular complexity index is 936. The van der Waals surface area contributed by atoms with Crippen molar-refractivity contribution in [2.75, 3.05) is 32.1 Å². The fourth-order valence-corrected chi connectivity index (χ4v) is 5.09. The van der Waals surface area contributed by atoms with Crippen LogP contribution in [-0.2, 0) is 0 Å². The van der Waals surface area contributed by atoms with Gasteiger partial charge in [0, 0.05) is 11.6 Å². The van der Waals surface area contributed by atoms with Gasteiger partial charge in [0.25, 0.3) is 5.91 Å². The molecule has 0 atom stereocenters. The molecule has 26 heavy (non-hydrogen) atoms. The molecule has 0 unspecified atom stereocenters. The Balaban J connectivity index is 1.96. The minimum absolute atomic E-state index is 0.0662. The summed E-state index contributed by atoms with van der Waals surface area (Å²) in [5.41, 5.74) is 1.90. The molecule has 8 heteroatoms. The SMILES string of the molecule is Cc1cc(Cl)cc2sc(N(CCCN(C)C)C(=O)c3ccc(Cl)s3)nc12. The average molecular weight is 428 g/mol. The summed E-state index contributed by atoms with van der Waals surface area (Å²) in [6.07, 6.45) is 0.855. The van der Waals surface area contributed by atoms with Gasteiger partial charge in [-0.3, -0.25) is 9.69 Å². The molecule has 1 aromatic carbocycles. The number of fused-ring (bicyclic) bond motifs is 1. The maximum Gasteiger partial charge on any atom is 0.270 e. The molecule has 138 valence electrons. The molecule has 3 rings (SSSR count). The van der Waals surface area contributed by atoms with Gasteiger partial charge in [0.05, 0.1) is 19.4 Å². The van der Waals surface area contributed by atoms with Gasteiger partial charge >= 0.3 is 0 Å². The summed E-state index contributed by atoms with van der Waals surface area (Å²) in [6.45, 7) is 3.47. The standard InChI is InChI=1S/C18H19Cl2N3OS2/c1-11-9-12(19)10-14-16(11)21-18(26-14)23(8-4-7-22(2)3)17(24)13-5-6-15(20)25-13/h5-6,9-10H,4,7-8H2,1-3H3. The van der Waals surface area contributed by atoms with Crippen LogP contribution in [-0.4, -0.2) is 43.0 Å². The molecule has 0 spiro atoms. The molecule has 0 aliphatic heterocycles. The predicted molar refractivity (Wildman–Crippen MR) is 114 cm³/mol. The number of aryl methyl sites for hydroxylation is 1. The molecule has 3 aromatic rings. The van der Waals surface area contributed by atoms with E-state index < -0.39 is 0 Å². The molecular formula is C18H19Cl2N3OS2. The van der Waals surface area contributed by atoms with Crippen LogP contribution in [0, 0.1) is 6.92 Å². The number of anilines is 1. The molecule has 0 saturated heterocycles. The van der Waals surface area contributed by atoms with Crippen molar-refractivity contribution in [2.24, 2.45) is 0 Å². The number of hydrogen-bond acceptors (Lipinski definition) is 5. The van der Waals surface area contributed by atoms with E-state index in [0.29, 0.717) is 25.9 Å². The van der Waals surface area contributed by atoms with E-state index in [-0.39, 0.29) is 5.91 Å². The number of carbonyl (C=O) groups is 1. The zero-order valence-corrected chi connectivity index (χ0v) is 17.9. The Morgan fingerprint density at radius 1 is 1.15 bits per heavy atom. The molecule has 0 N–H and O–H groups in total. The molecule has 2 heterocycles. The van der Waals surface area contributed by atoms with Crippen molar-refractivity contribution in [3.8, 4) is 0 Å². The van der Waals surface area contributed by atoms with Gasteiger partial charge in [-0.05, 0) is 63.8 Å². The smallest absolute Gasteiger partial charge is 0.270 e. The van der Waals surface area contributed by atoms with Crippen molar-refractivity contribution in [3.63, 3.8) is 0 Å². The van der Waals surface area contributed by atoms with Crippen molar-refractivity contribution >= 4 is 67.1 Å². The molecule has 4 nitrogen and oxygen atoms in total. The Labute approximate surface area is 171 Å². The van der Waals surface area contributed by atoms with Crippen LogP contribution in [0.25, 0.3) is 10.2 Å². The lowest BCUT2D eigenvalue weighted by Crippen LogP contribution is -2.32. The summed E-state index contributed by atoms with van der Waals surface area (Å²) in [5, 5.41) is 1.37. The van der Waals surface area contributed by atoms with Crippen LogP contribution in [0.2, 0.25) is 9.36 Å². The van der Waals surface area contributed by atoms with Crippen molar-refractivity contribution < 1.29 is 4.79 Å². The van der Waals surface area contributed by atoms with Crippen molar-refractivity contribution in [2.45, 2.75) is 13.3 Å². The maximum atomic E-state index is 13.1. The molecule has 2 aromatic heterocycles. The monoisotopic (exact) mass is 427 g/mol. The van der Waals surface area contributed by atoms with Crippen LogP contribution in [0.5, 0.6) is 0 Å². The number of amides is 1. The topological polar surface area (TPSA) is 36.4 Å². The fourth-order valence-electron chi connectivity index (χ4n) is 2.65. The minimum atomic E-state index is -0.0662. The number of carbonyl (C=O) groups excluding carboxylic acids is 1. The van der Waals surface area contributed by atoms with Gasteiger partial charge in [-0.15, -0.1) is 11.3 Å².